The lowest BCUT2D eigenvalue weighted by molar-refractivity contribution is 0.0951. The Balaban J connectivity index is 2.08. The molecule has 0 aromatic heterocycles. The highest BCUT2D eigenvalue weighted by Crippen LogP contribution is 2.18. The van der Waals surface area contributed by atoms with E-state index in [9.17, 15) is 13.6 Å². The summed E-state index contributed by atoms with van der Waals surface area (Å²) in [6, 6.07) is 8.58. The van der Waals surface area contributed by atoms with Gasteiger partial charge in [-0.15, -0.1) is 0 Å². The van der Waals surface area contributed by atoms with Crippen molar-refractivity contribution in [3.8, 4) is 5.75 Å². The van der Waals surface area contributed by atoms with Gasteiger partial charge < -0.3 is 15.8 Å². The molecule has 4 nitrogen and oxygen atoms in total. The van der Waals surface area contributed by atoms with Gasteiger partial charge in [0.25, 0.3) is 5.91 Å². The van der Waals surface area contributed by atoms with Crippen LogP contribution in [0.15, 0.2) is 36.4 Å². The van der Waals surface area contributed by atoms with Gasteiger partial charge in [0.15, 0.2) is 0 Å². The molecule has 6 heteroatoms. The molecular formula is C15H14F2N2O2. The van der Waals surface area contributed by atoms with Crippen molar-refractivity contribution in [1.82, 2.24) is 5.32 Å². The van der Waals surface area contributed by atoms with Crippen LogP contribution in [0, 0.1) is 11.6 Å². The monoisotopic (exact) mass is 292 g/mol. The standard InChI is InChI=1S/C15H14F2N2O2/c1-21-11-4-2-9(3-5-11)8-19-15(20)12-6-10(16)7-13(17)14(12)18/h2-7H,8,18H2,1H3,(H,19,20). The molecule has 0 atom stereocenters. The third-order valence-corrected chi connectivity index (χ3v) is 2.95. The Hall–Kier alpha value is -2.63. The molecule has 21 heavy (non-hydrogen) atoms. The summed E-state index contributed by atoms with van der Waals surface area (Å²) in [6.45, 7) is 0.209. The van der Waals surface area contributed by atoms with Gasteiger partial charge in [-0.1, -0.05) is 12.1 Å². The Morgan fingerprint density at radius 1 is 1.24 bits per heavy atom. The molecule has 0 saturated carbocycles. The molecule has 0 aliphatic heterocycles. The van der Waals surface area contributed by atoms with Gasteiger partial charge in [-0.2, -0.15) is 0 Å². The van der Waals surface area contributed by atoms with Crippen molar-refractivity contribution >= 4 is 11.6 Å². The summed E-state index contributed by atoms with van der Waals surface area (Å²) in [7, 11) is 1.55. The summed E-state index contributed by atoms with van der Waals surface area (Å²) in [5.74, 6) is -1.75. The smallest absolute Gasteiger partial charge is 0.253 e. The maximum atomic E-state index is 13.3. The third kappa shape index (κ3) is 3.47. The second kappa shape index (κ2) is 6.21. The molecule has 0 aliphatic rings. The largest absolute Gasteiger partial charge is 0.497 e. The van der Waals surface area contributed by atoms with Gasteiger partial charge in [-0.05, 0) is 23.8 Å². The van der Waals surface area contributed by atoms with E-state index in [0.29, 0.717) is 11.8 Å². The van der Waals surface area contributed by atoms with Crippen molar-refractivity contribution in [2.45, 2.75) is 6.54 Å². The van der Waals surface area contributed by atoms with Crippen molar-refractivity contribution in [1.29, 1.82) is 0 Å². The molecule has 2 aromatic carbocycles. The van der Waals surface area contributed by atoms with Crippen LogP contribution in [0.4, 0.5) is 14.5 Å². The van der Waals surface area contributed by atoms with E-state index >= 15 is 0 Å². The first-order valence-corrected chi connectivity index (χ1v) is 6.17. The first-order chi connectivity index (χ1) is 10.0. The number of carbonyl (C=O) groups is 1. The molecule has 0 radical (unpaired) electrons. The molecule has 2 aromatic rings. The summed E-state index contributed by atoms with van der Waals surface area (Å²) in [4.78, 5) is 11.9. The molecule has 3 N–H and O–H groups in total. The summed E-state index contributed by atoms with van der Waals surface area (Å²) < 4.78 is 31.4. The highest BCUT2D eigenvalue weighted by atomic mass is 19.1. The minimum atomic E-state index is -0.954. The first kappa shape index (κ1) is 14.8. The van der Waals surface area contributed by atoms with E-state index < -0.39 is 17.5 Å². The molecule has 0 fully saturated rings. The zero-order valence-electron chi connectivity index (χ0n) is 11.3. The van der Waals surface area contributed by atoms with E-state index in [1.165, 1.54) is 0 Å². The molecule has 2 rings (SSSR count). The lowest BCUT2D eigenvalue weighted by atomic mass is 10.1. The minimum absolute atomic E-state index is 0.209. The number of rotatable bonds is 4. The highest BCUT2D eigenvalue weighted by molar-refractivity contribution is 5.99. The number of ether oxygens (including phenoxy) is 1. The van der Waals surface area contributed by atoms with Crippen molar-refractivity contribution < 1.29 is 18.3 Å². The molecule has 0 bridgehead atoms. The van der Waals surface area contributed by atoms with Crippen LogP contribution in [0.3, 0.4) is 0 Å². The number of benzene rings is 2. The Labute approximate surface area is 120 Å². The zero-order chi connectivity index (χ0) is 15.4. The Bertz CT molecular complexity index is 657. The highest BCUT2D eigenvalue weighted by Gasteiger charge is 2.14. The molecule has 1 amide bonds. The number of nitrogens with one attached hydrogen (secondary N) is 1. The number of anilines is 1. The summed E-state index contributed by atoms with van der Waals surface area (Å²) in [5.41, 5.74) is 5.67. The van der Waals surface area contributed by atoms with Gasteiger partial charge in [0.1, 0.15) is 17.4 Å². The number of amides is 1. The van der Waals surface area contributed by atoms with Crippen LogP contribution in [-0.2, 0) is 6.54 Å². The van der Waals surface area contributed by atoms with Crippen molar-refractivity contribution in [2.75, 3.05) is 12.8 Å². The Morgan fingerprint density at radius 3 is 2.52 bits per heavy atom. The first-order valence-electron chi connectivity index (χ1n) is 6.17. The second-order valence-corrected chi connectivity index (χ2v) is 4.38. The number of nitrogen functional groups attached to an aromatic ring is 1. The van der Waals surface area contributed by atoms with Crippen LogP contribution in [0.5, 0.6) is 5.75 Å². The molecule has 0 spiro atoms. The van der Waals surface area contributed by atoms with Crippen LogP contribution in [-0.4, -0.2) is 13.0 Å². The number of nitrogens with two attached hydrogens (primary N) is 1. The molecular weight excluding hydrogens is 278 g/mol. The van der Waals surface area contributed by atoms with E-state index in [1.807, 2.05) is 0 Å². The quantitative estimate of drug-likeness (QED) is 0.851. The van der Waals surface area contributed by atoms with Gasteiger partial charge in [0, 0.05) is 12.6 Å². The topological polar surface area (TPSA) is 64.3 Å². The lowest BCUT2D eigenvalue weighted by Gasteiger charge is -2.09. The Morgan fingerprint density at radius 2 is 1.90 bits per heavy atom. The van der Waals surface area contributed by atoms with Crippen molar-refractivity contribution in [3.63, 3.8) is 0 Å². The van der Waals surface area contributed by atoms with Crippen molar-refractivity contribution in [2.24, 2.45) is 0 Å². The predicted molar refractivity (Wildman–Crippen MR) is 74.9 cm³/mol. The lowest BCUT2D eigenvalue weighted by Crippen LogP contribution is -2.24. The third-order valence-electron chi connectivity index (χ3n) is 2.95. The average Bonchev–Trinajstić information content (AvgIpc) is 2.49. The zero-order valence-corrected chi connectivity index (χ0v) is 11.3. The maximum Gasteiger partial charge on any atom is 0.253 e. The fourth-order valence-corrected chi connectivity index (χ4v) is 1.79. The molecule has 0 heterocycles. The number of hydrogen-bond acceptors (Lipinski definition) is 3. The minimum Gasteiger partial charge on any atom is -0.497 e. The number of halogens is 2. The van der Waals surface area contributed by atoms with E-state index in [0.717, 1.165) is 11.6 Å². The van der Waals surface area contributed by atoms with Crippen molar-refractivity contribution in [3.05, 3.63) is 59.2 Å². The maximum absolute atomic E-state index is 13.3. The SMILES string of the molecule is COc1ccc(CNC(=O)c2cc(F)cc(F)c2N)cc1. The van der Waals surface area contributed by atoms with Crippen LogP contribution >= 0.6 is 0 Å². The van der Waals surface area contributed by atoms with Crippen LogP contribution in [0.25, 0.3) is 0 Å². The summed E-state index contributed by atoms with van der Waals surface area (Å²) in [6.07, 6.45) is 0. The summed E-state index contributed by atoms with van der Waals surface area (Å²) >= 11 is 0. The molecule has 0 unspecified atom stereocenters. The van der Waals surface area contributed by atoms with Gasteiger partial charge >= 0.3 is 0 Å². The molecule has 0 saturated heterocycles. The van der Waals surface area contributed by atoms with Crippen LogP contribution < -0.4 is 15.8 Å². The molecule has 110 valence electrons. The Kier molecular flexibility index (Phi) is 4.37. The van der Waals surface area contributed by atoms with Gasteiger partial charge in [0.2, 0.25) is 0 Å². The van der Waals surface area contributed by atoms with Gasteiger partial charge in [-0.25, -0.2) is 8.78 Å². The van der Waals surface area contributed by atoms with E-state index in [4.69, 9.17) is 10.5 Å². The fraction of sp³-hybridized carbons (Fsp3) is 0.133. The number of carbonyl (C=O) groups excluding carboxylic acids is 1. The predicted octanol–water partition coefficient (Wildman–Crippen LogP) is 2.49. The van der Waals surface area contributed by atoms with Crippen LogP contribution in [0.2, 0.25) is 0 Å². The number of hydrogen-bond donors (Lipinski definition) is 2. The fourth-order valence-electron chi connectivity index (χ4n) is 1.79. The number of methoxy groups -OCH3 is 1. The van der Waals surface area contributed by atoms with Gasteiger partial charge in [0.05, 0.1) is 18.4 Å². The summed E-state index contributed by atoms with van der Waals surface area (Å²) in [5, 5.41) is 2.55. The normalized spacial score (nSPS) is 10.2. The van der Waals surface area contributed by atoms with Gasteiger partial charge in [-0.3, -0.25) is 4.79 Å². The van der Waals surface area contributed by atoms with E-state index in [-0.39, 0.29) is 17.8 Å². The van der Waals surface area contributed by atoms with E-state index in [2.05, 4.69) is 5.32 Å². The molecule has 0 aliphatic carbocycles. The second-order valence-electron chi connectivity index (χ2n) is 4.38. The van der Waals surface area contributed by atoms with E-state index in [1.54, 1.807) is 31.4 Å². The average molecular weight is 292 g/mol. The van der Waals surface area contributed by atoms with Crippen LogP contribution in [0.1, 0.15) is 15.9 Å².